The van der Waals surface area contributed by atoms with E-state index < -0.39 is 10.9 Å². The number of nitro groups is 1. The van der Waals surface area contributed by atoms with Crippen LogP contribution in [0.15, 0.2) is 54.6 Å². The lowest BCUT2D eigenvalue weighted by Gasteiger charge is -2.07. The molecule has 0 atom stereocenters. The van der Waals surface area contributed by atoms with Gasteiger partial charge in [-0.2, -0.15) is 0 Å². The molecule has 0 amide bonds. The van der Waals surface area contributed by atoms with E-state index in [-0.39, 0.29) is 12.3 Å². The molecule has 0 N–H and O–H groups in total. The van der Waals surface area contributed by atoms with Crippen molar-refractivity contribution < 1.29 is 19.2 Å². The van der Waals surface area contributed by atoms with Gasteiger partial charge in [-0.25, -0.2) is 4.79 Å². The van der Waals surface area contributed by atoms with E-state index in [2.05, 4.69) is 0 Å². The highest BCUT2D eigenvalue weighted by Gasteiger charge is 2.10. The molecule has 2 rings (SSSR count). The maximum atomic E-state index is 11.4. The zero-order valence-corrected chi connectivity index (χ0v) is 13.2. The van der Waals surface area contributed by atoms with Crippen molar-refractivity contribution in [3.63, 3.8) is 0 Å². The molecule has 124 valence electrons. The maximum Gasteiger partial charge on any atom is 0.330 e. The summed E-state index contributed by atoms with van der Waals surface area (Å²) in [6.45, 7) is 2.27. The van der Waals surface area contributed by atoms with Gasteiger partial charge in [0.15, 0.2) is 0 Å². The van der Waals surface area contributed by atoms with Crippen LogP contribution in [0.5, 0.6) is 5.75 Å². The van der Waals surface area contributed by atoms with E-state index in [0.29, 0.717) is 17.9 Å². The standard InChI is InChI=1S/C18H17NO5/c1-2-23-18(20)9-8-15-10-16(19(21)22)12-17(11-15)24-13-14-6-4-3-5-7-14/h3-12H,2,13H2,1H3/b9-8+. The van der Waals surface area contributed by atoms with Crippen LogP contribution in [0, 0.1) is 10.1 Å². The van der Waals surface area contributed by atoms with Gasteiger partial charge in [-0.15, -0.1) is 0 Å². The van der Waals surface area contributed by atoms with Gasteiger partial charge in [-0.05, 0) is 30.2 Å². The van der Waals surface area contributed by atoms with Crippen LogP contribution in [0.3, 0.4) is 0 Å². The van der Waals surface area contributed by atoms with E-state index in [1.165, 1.54) is 24.3 Å². The van der Waals surface area contributed by atoms with Crippen LogP contribution >= 0.6 is 0 Å². The second kappa shape index (κ2) is 8.47. The van der Waals surface area contributed by atoms with Crippen LogP contribution in [0.2, 0.25) is 0 Å². The first-order valence-electron chi connectivity index (χ1n) is 7.39. The van der Waals surface area contributed by atoms with Crippen molar-refractivity contribution in [2.75, 3.05) is 6.61 Å². The average Bonchev–Trinajstić information content (AvgIpc) is 2.59. The number of ether oxygens (including phenoxy) is 2. The molecular formula is C18H17NO5. The summed E-state index contributed by atoms with van der Waals surface area (Å²) < 4.78 is 10.4. The van der Waals surface area contributed by atoms with E-state index >= 15 is 0 Å². The van der Waals surface area contributed by atoms with Crippen molar-refractivity contribution in [1.82, 2.24) is 0 Å². The van der Waals surface area contributed by atoms with E-state index in [1.54, 1.807) is 13.0 Å². The topological polar surface area (TPSA) is 78.7 Å². The fourth-order valence-corrected chi connectivity index (χ4v) is 1.99. The smallest absolute Gasteiger partial charge is 0.330 e. The summed E-state index contributed by atoms with van der Waals surface area (Å²) in [5.41, 5.74) is 1.33. The second-order valence-electron chi connectivity index (χ2n) is 4.88. The number of carbonyl (C=O) groups is 1. The summed E-state index contributed by atoms with van der Waals surface area (Å²) in [4.78, 5) is 21.9. The largest absolute Gasteiger partial charge is 0.489 e. The molecule has 0 unspecified atom stereocenters. The molecular weight excluding hydrogens is 310 g/mol. The molecule has 6 heteroatoms. The molecule has 2 aromatic carbocycles. The number of rotatable bonds is 7. The minimum Gasteiger partial charge on any atom is -0.489 e. The Morgan fingerprint density at radius 1 is 1.21 bits per heavy atom. The number of hydrogen-bond acceptors (Lipinski definition) is 5. The third-order valence-electron chi connectivity index (χ3n) is 3.07. The van der Waals surface area contributed by atoms with Crippen molar-refractivity contribution in [2.45, 2.75) is 13.5 Å². The summed E-state index contributed by atoms with van der Waals surface area (Å²) >= 11 is 0. The third-order valence-corrected chi connectivity index (χ3v) is 3.07. The first kappa shape index (κ1) is 17.2. The second-order valence-corrected chi connectivity index (χ2v) is 4.88. The highest BCUT2D eigenvalue weighted by atomic mass is 16.6. The molecule has 0 saturated carbocycles. The van der Waals surface area contributed by atoms with Crippen molar-refractivity contribution in [2.24, 2.45) is 0 Å². The molecule has 0 aliphatic rings. The Bertz CT molecular complexity index is 740. The predicted molar refractivity (Wildman–Crippen MR) is 89.5 cm³/mol. The molecule has 6 nitrogen and oxygen atoms in total. The first-order valence-corrected chi connectivity index (χ1v) is 7.39. The van der Waals surface area contributed by atoms with Crippen LogP contribution in [0.25, 0.3) is 6.08 Å². The van der Waals surface area contributed by atoms with Crippen LogP contribution in [-0.2, 0) is 16.1 Å². The van der Waals surface area contributed by atoms with Crippen LogP contribution in [-0.4, -0.2) is 17.5 Å². The minimum absolute atomic E-state index is 0.107. The fraction of sp³-hybridized carbons (Fsp3) is 0.167. The van der Waals surface area contributed by atoms with Gasteiger partial charge in [0.1, 0.15) is 12.4 Å². The predicted octanol–water partition coefficient (Wildman–Crippen LogP) is 3.75. The van der Waals surface area contributed by atoms with Crippen LogP contribution in [0.4, 0.5) is 5.69 Å². The van der Waals surface area contributed by atoms with Gasteiger partial charge >= 0.3 is 5.97 Å². The van der Waals surface area contributed by atoms with Gasteiger partial charge < -0.3 is 9.47 Å². The van der Waals surface area contributed by atoms with Crippen molar-refractivity contribution >= 4 is 17.7 Å². The lowest BCUT2D eigenvalue weighted by atomic mass is 10.1. The molecule has 0 aliphatic carbocycles. The fourth-order valence-electron chi connectivity index (χ4n) is 1.99. The van der Waals surface area contributed by atoms with Gasteiger partial charge in [-0.3, -0.25) is 10.1 Å². The number of carbonyl (C=O) groups excluding carboxylic acids is 1. The van der Waals surface area contributed by atoms with E-state index in [4.69, 9.17) is 9.47 Å². The summed E-state index contributed by atoms with van der Waals surface area (Å²) in [6, 6.07) is 13.8. The van der Waals surface area contributed by atoms with Gasteiger partial charge in [0.25, 0.3) is 5.69 Å². The maximum absolute atomic E-state index is 11.4. The number of nitrogens with zero attached hydrogens (tertiary/aromatic N) is 1. The molecule has 0 heterocycles. The zero-order chi connectivity index (χ0) is 17.4. The monoisotopic (exact) mass is 327 g/mol. The molecule has 0 saturated heterocycles. The molecule has 24 heavy (non-hydrogen) atoms. The summed E-state index contributed by atoms with van der Waals surface area (Å²) in [7, 11) is 0. The number of hydrogen-bond donors (Lipinski definition) is 0. The number of benzene rings is 2. The van der Waals surface area contributed by atoms with Crippen LogP contribution in [0.1, 0.15) is 18.1 Å². The SMILES string of the molecule is CCOC(=O)/C=C/c1cc(OCc2ccccc2)cc([N+](=O)[O-])c1. The third kappa shape index (κ3) is 5.24. The highest BCUT2D eigenvalue weighted by Crippen LogP contribution is 2.24. The molecule has 0 bridgehead atoms. The summed E-state index contributed by atoms with van der Waals surface area (Å²) in [5.74, 6) is -0.146. The van der Waals surface area contributed by atoms with Gasteiger partial charge in [0.05, 0.1) is 17.6 Å². The van der Waals surface area contributed by atoms with Gasteiger partial charge in [0.2, 0.25) is 0 Å². The summed E-state index contributed by atoms with van der Waals surface area (Å²) in [6.07, 6.45) is 2.68. The zero-order valence-electron chi connectivity index (χ0n) is 13.2. The minimum atomic E-state index is -0.504. The van der Waals surface area contributed by atoms with E-state index in [0.717, 1.165) is 5.56 Å². The molecule has 0 radical (unpaired) electrons. The average molecular weight is 327 g/mol. The number of non-ortho nitro benzene ring substituents is 1. The van der Waals surface area contributed by atoms with E-state index in [1.807, 2.05) is 30.3 Å². The van der Waals surface area contributed by atoms with Gasteiger partial charge in [0, 0.05) is 12.1 Å². The highest BCUT2D eigenvalue weighted by molar-refractivity contribution is 5.87. The van der Waals surface area contributed by atoms with Crippen molar-refractivity contribution in [3.05, 3.63) is 75.8 Å². The Morgan fingerprint density at radius 2 is 1.96 bits per heavy atom. The van der Waals surface area contributed by atoms with Crippen molar-refractivity contribution in [3.8, 4) is 5.75 Å². The first-order chi connectivity index (χ1) is 11.6. The molecule has 0 spiro atoms. The van der Waals surface area contributed by atoms with Crippen LogP contribution < -0.4 is 4.74 Å². The number of esters is 1. The Balaban J connectivity index is 2.17. The lowest BCUT2D eigenvalue weighted by Crippen LogP contribution is -1.99. The molecule has 2 aromatic rings. The summed E-state index contributed by atoms with van der Waals surface area (Å²) in [5, 5.41) is 11.1. The van der Waals surface area contributed by atoms with Crippen molar-refractivity contribution in [1.29, 1.82) is 0 Å². The molecule has 0 aromatic heterocycles. The normalized spacial score (nSPS) is 10.5. The molecule has 0 fully saturated rings. The Morgan fingerprint density at radius 3 is 2.62 bits per heavy atom. The Hall–Kier alpha value is -3.15. The quantitative estimate of drug-likeness (QED) is 0.335. The lowest BCUT2D eigenvalue weighted by molar-refractivity contribution is -0.385. The van der Waals surface area contributed by atoms with Gasteiger partial charge in [-0.1, -0.05) is 30.3 Å². The van der Waals surface area contributed by atoms with E-state index in [9.17, 15) is 14.9 Å². The molecule has 0 aliphatic heterocycles. The Kier molecular flexibility index (Phi) is 6.08. The number of nitro benzene ring substituents is 1. The Labute approximate surface area is 139 Å².